The van der Waals surface area contributed by atoms with E-state index < -0.39 is 17.6 Å². The Morgan fingerprint density at radius 2 is 2.33 bits per heavy atom. The van der Waals surface area contributed by atoms with E-state index in [1.54, 1.807) is 6.92 Å². The lowest BCUT2D eigenvalue weighted by atomic mass is 10.0. The van der Waals surface area contributed by atoms with Crippen LogP contribution in [0.15, 0.2) is 0 Å². The van der Waals surface area contributed by atoms with Gasteiger partial charge in [-0.05, 0) is 6.92 Å². The summed E-state index contributed by atoms with van der Waals surface area (Å²) in [6, 6.07) is 0. The van der Waals surface area contributed by atoms with Gasteiger partial charge in [0.1, 0.15) is 0 Å². The molecule has 2 saturated heterocycles. The molecule has 12 heavy (non-hydrogen) atoms. The monoisotopic (exact) mass is 175 g/mol. The first-order valence-electron chi connectivity index (χ1n) is 3.94. The third-order valence-corrected chi connectivity index (χ3v) is 2.45. The van der Waals surface area contributed by atoms with Crippen LogP contribution in [0.2, 0.25) is 0 Å². The first-order valence-corrected chi connectivity index (χ1v) is 3.94. The Bertz CT molecular complexity index is 191. The van der Waals surface area contributed by atoms with Crippen molar-refractivity contribution in [3.8, 4) is 0 Å². The van der Waals surface area contributed by atoms with Crippen LogP contribution in [-0.2, 0) is 9.47 Å². The predicted molar refractivity (Wildman–Crippen MR) is 39.3 cm³/mol. The summed E-state index contributed by atoms with van der Waals surface area (Å²) in [5.41, 5.74) is -1.38. The zero-order chi connectivity index (χ0) is 8.82. The van der Waals surface area contributed by atoms with Crippen LogP contribution in [0.1, 0.15) is 6.92 Å². The molecule has 0 aromatic rings. The van der Waals surface area contributed by atoms with Crippen LogP contribution in [0.5, 0.6) is 0 Å². The molecule has 0 unspecified atom stereocenters. The van der Waals surface area contributed by atoms with Gasteiger partial charge in [0.25, 0.3) is 0 Å². The van der Waals surface area contributed by atoms with Gasteiger partial charge in [0, 0.05) is 0 Å². The van der Waals surface area contributed by atoms with Gasteiger partial charge in [0.2, 0.25) is 0 Å². The molecule has 0 aliphatic carbocycles. The molecule has 2 aliphatic rings. The minimum atomic E-state index is -0.959. The lowest BCUT2D eigenvalue weighted by molar-refractivity contribution is -0.232. The van der Waals surface area contributed by atoms with Gasteiger partial charge in [0.05, 0.1) is 25.4 Å². The molecule has 2 aliphatic heterocycles. The van der Waals surface area contributed by atoms with Crippen molar-refractivity contribution in [1.29, 1.82) is 0 Å². The molecule has 0 aromatic heterocycles. The van der Waals surface area contributed by atoms with Gasteiger partial charge in [-0.15, -0.1) is 0 Å². The summed E-state index contributed by atoms with van der Waals surface area (Å²) in [7, 11) is 0. The Hall–Kier alpha value is -0.200. The second-order valence-electron chi connectivity index (χ2n) is 3.62. The van der Waals surface area contributed by atoms with Crippen LogP contribution >= 0.6 is 0 Å². The van der Waals surface area contributed by atoms with E-state index in [2.05, 4.69) is 5.32 Å². The number of hydrogen-bond acceptors (Lipinski definition) is 5. The van der Waals surface area contributed by atoms with Gasteiger partial charge in [-0.2, -0.15) is 0 Å². The summed E-state index contributed by atoms with van der Waals surface area (Å²) in [5.74, 6) is 0. The van der Waals surface area contributed by atoms with E-state index in [9.17, 15) is 5.11 Å². The lowest BCUT2D eigenvalue weighted by Gasteiger charge is -2.38. The molecule has 0 aromatic carbocycles. The van der Waals surface area contributed by atoms with Crippen molar-refractivity contribution in [1.82, 2.24) is 5.32 Å². The van der Waals surface area contributed by atoms with E-state index in [-0.39, 0.29) is 13.2 Å². The maximum Gasteiger partial charge on any atom is 0.197 e. The second kappa shape index (κ2) is 2.40. The molecular weight excluding hydrogens is 162 g/mol. The van der Waals surface area contributed by atoms with Crippen LogP contribution in [-0.4, -0.2) is 47.6 Å². The molecule has 5 heteroatoms. The molecule has 2 fully saturated rings. The predicted octanol–water partition coefficient (Wildman–Crippen LogP) is -1.60. The molecule has 5 nitrogen and oxygen atoms in total. The fourth-order valence-corrected chi connectivity index (χ4v) is 1.63. The highest BCUT2D eigenvalue weighted by atomic mass is 16.7. The summed E-state index contributed by atoms with van der Waals surface area (Å²) < 4.78 is 10.4. The van der Waals surface area contributed by atoms with Crippen LogP contribution in [0.4, 0.5) is 0 Å². The average molecular weight is 175 g/mol. The first-order chi connectivity index (χ1) is 5.60. The van der Waals surface area contributed by atoms with Gasteiger partial charge < -0.3 is 19.7 Å². The summed E-state index contributed by atoms with van der Waals surface area (Å²) >= 11 is 0. The Morgan fingerprint density at radius 1 is 1.58 bits per heavy atom. The molecule has 3 atom stereocenters. The highest BCUT2D eigenvalue weighted by Gasteiger charge is 2.54. The number of aliphatic hydroxyl groups excluding tert-OH is 2. The SMILES string of the molecule is C[C@]12N[C@](CO)(CO[C@@H]1O)CO2. The van der Waals surface area contributed by atoms with Crippen LogP contribution in [0.25, 0.3) is 0 Å². The number of nitrogens with one attached hydrogen (secondary N) is 1. The van der Waals surface area contributed by atoms with Gasteiger partial charge >= 0.3 is 0 Å². The molecule has 2 heterocycles. The Kier molecular flexibility index (Phi) is 1.68. The third kappa shape index (κ3) is 0.982. The zero-order valence-corrected chi connectivity index (χ0v) is 6.91. The van der Waals surface area contributed by atoms with Crippen molar-refractivity contribution in [3.05, 3.63) is 0 Å². The summed E-state index contributed by atoms with van der Waals surface area (Å²) in [5, 5.41) is 21.5. The smallest absolute Gasteiger partial charge is 0.197 e. The van der Waals surface area contributed by atoms with Crippen LogP contribution in [0.3, 0.4) is 0 Å². The van der Waals surface area contributed by atoms with Crippen molar-refractivity contribution in [2.24, 2.45) is 0 Å². The fourth-order valence-electron chi connectivity index (χ4n) is 1.63. The Labute approximate surface area is 70.3 Å². The van der Waals surface area contributed by atoms with E-state index in [0.717, 1.165) is 0 Å². The average Bonchev–Trinajstić information content (AvgIpc) is 2.36. The lowest BCUT2D eigenvalue weighted by Crippen LogP contribution is -2.65. The number of morpholine rings is 1. The highest BCUT2D eigenvalue weighted by Crippen LogP contribution is 2.31. The van der Waals surface area contributed by atoms with Crippen molar-refractivity contribution < 1.29 is 19.7 Å². The van der Waals surface area contributed by atoms with E-state index in [1.807, 2.05) is 0 Å². The number of fused-ring (bicyclic) bond motifs is 2. The standard InChI is InChI=1S/C7H13NO4/c1-6-5(10)11-3-7(2-9,8-6)4-12-6/h5,8-10H,2-4H2,1H3/t5-,6+,7+/m0/s1. The van der Waals surface area contributed by atoms with Crippen LogP contribution in [0, 0.1) is 0 Å². The largest absolute Gasteiger partial charge is 0.394 e. The topological polar surface area (TPSA) is 71.0 Å². The number of ether oxygens (including phenoxy) is 2. The van der Waals surface area contributed by atoms with Gasteiger partial charge in [-0.1, -0.05) is 0 Å². The molecule has 3 N–H and O–H groups in total. The maximum atomic E-state index is 9.37. The number of rotatable bonds is 1. The fraction of sp³-hybridized carbons (Fsp3) is 1.00. The molecule has 0 radical (unpaired) electrons. The van der Waals surface area contributed by atoms with E-state index in [1.165, 1.54) is 0 Å². The highest BCUT2D eigenvalue weighted by molar-refractivity contribution is 5.02. The molecule has 70 valence electrons. The summed E-state index contributed by atoms with van der Waals surface area (Å²) in [4.78, 5) is 0. The summed E-state index contributed by atoms with van der Waals surface area (Å²) in [6.45, 7) is 2.31. The van der Waals surface area contributed by atoms with E-state index in [0.29, 0.717) is 6.61 Å². The van der Waals surface area contributed by atoms with Crippen LogP contribution < -0.4 is 5.32 Å². The first kappa shape index (κ1) is 8.40. The molecule has 0 saturated carbocycles. The van der Waals surface area contributed by atoms with Gasteiger partial charge in [-0.3, -0.25) is 5.32 Å². The molecule has 2 bridgehead atoms. The number of aliphatic hydroxyl groups is 2. The second-order valence-corrected chi connectivity index (χ2v) is 3.62. The minimum absolute atomic E-state index is 0.0463. The van der Waals surface area contributed by atoms with Crippen molar-refractivity contribution in [2.45, 2.75) is 24.5 Å². The molecule has 2 rings (SSSR count). The quantitative estimate of drug-likeness (QED) is 0.448. The normalized spacial score (nSPS) is 52.8. The molecular formula is C7H13NO4. The van der Waals surface area contributed by atoms with Crippen molar-refractivity contribution in [3.63, 3.8) is 0 Å². The number of hydrogen-bond donors (Lipinski definition) is 3. The van der Waals surface area contributed by atoms with E-state index in [4.69, 9.17) is 14.6 Å². The zero-order valence-electron chi connectivity index (χ0n) is 6.91. The van der Waals surface area contributed by atoms with Crippen molar-refractivity contribution in [2.75, 3.05) is 19.8 Å². The Balaban J connectivity index is 2.20. The van der Waals surface area contributed by atoms with Gasteiger partial charge in [0.15, 0.2) is 12.0 Å². The summed E-state index contributed by atoms with van der Waals surface area (Å²) in [6.07, 6.45) is -0.959. The third-order valence-electron chi connectivity index (χ3n) is 2.45. The molecule has 0 spiro atoms. The van der Waals surface area contributed by atoms with Crippen molar-refractivity contribution >= 4 is 0 Å². The van der Waals surface area contributed by atoms with Gasteiger partial charge in [-0.25, -0.2) is 0 Å². The Morgan fingerprint density at radius 3 is 3.00 bits per heavy atom. The van der Waals surface area contributed by atoms with E-state index >= 15 is 0 Å². The maximum absolute atomic E-state index is 9.37. The minimum Gasteiger partial charge on any atom is -0.394 e. The molecule has 0 amide bonds.